The SMILES string of the molecule is CCCN(CCC)CNC(=O)c1cnc(C)cn1.CCN(CC)CNC(=O)c1cnc(C)cn1.CCN(CC)CNC(=O)c1cnc(N(CC)CC)cn1.Cc1cnc(C(=O)NCN2CCCC2)cn1.Cc1cnc(C(=O)NCN2CCOCC2)cn1. The molecule has 7 heterocycles. The van der Waals surface area contributed by atoms with Gasteiger partial charge in [0.2, 0.25) is 0 Å². The maximum atomic E-state index is 11.9. The lowest BCUT2D eigenvalue weighted by Crippen LogP contribution is -2.43. The Hall–Kier alpha value is -7.69. The van der Waals surface area contributed by atoms with E-state index in [0.29, 0.717) is 61.8 Å². The third-order valence-corrected chi connectivity index (χ3v) is 13.5. The molecule has 87 heavy (non-hydrogen) atoms. The standard InChI is InChI=1S/C14H25N5O.C13H22N4O.C11H16N4O2.C11H16N4O.C11H18N4O/c1-5-18(6-2)11-17-14(20)12-9-16-13(10-15-12)19(7-3)8-4;1-4-6-17(7-5-2)10-16-13(18)12-9-14-11(3)8-15-12;1-9-6-13-10(7-12-9)11(16)14-8-15-2-4-17-5-3-15;1-9-6-13-10(7-12-9)11(16)14-8-15-4-2-3-5-15;1-4-15(5-2)8-14-11(16)10-7-12-9(3)6-13-10/h9-10H,5-8,11H2,1-4H3,(H,17,20);8-9H,4-7,10H2,1-3H3,(H,16,18);6-7H,2-5,8H2,1H3,(H,14,16);6-7H,2-5,8H2,1H3,(H,14,16);6-7H,4-5,8H2,1-3H3,(H,14,16). The van der Waals surface area contributed by atoms with Crippen LogP contribution in [0.2, 0.25) is 0 Å². The van der Waals surface area contributed by atoms with Gasteiger partial charge in [0, 0.05) is 51.0 Å². The minimum atomic E-state index is -0.191. The van der Waals surface area contributed by atoms with E-state index in [-0.39, 0.29) is 29.5 Å². The number of anilines is 1. The molecule has 0 radical (unpaired) electrons. The summed E-state index contributed by atoms with van der Waals surface area (Å²) in [5.74, 6) is -0.0757. The molecule has 5 N–H and O–H groups in total. The lowest BCUT2D eigenvalue weighted by molar-refractivity contribution is 0.0334. The van der Waals surface area contributed by atoms with E-state index in [1.165, 1.54) is 43.8 Å². The quantitative estimate of drug-likeness (QED) is 0.0486. The Morgan fingerprint density at radius 2 is 0.701 bits per heavy atom. The maximum Gasteiger partial charge on any atom is 0.272 e. The maximum absolute atomic E-state index is 11.9. The van der Waals surface area contributed by atoms with Crippen LogP contribution in [0.15, 0.2) is 62.0 Å². The van der Waals surface area contributed by atoms with Crippen molar-refractivity contribution in [3.63, 3.8) is 0 Å². The Morgan fingerprint density at radius 1 is 0.391 bits per heavy atom. The average molecular weight is 1210 g/mol. The highest BCUT2D eigenvalue weighted by Crippen LogP contribution is 2.09. The largest absolute Gasteiger partial charge is 0.379 e. The Morgan fingerprint density at radius 3 is 0.989 bits per heavy atom. The number of rotatable bonds is 26. The first-order valence-corrected chi connectivity index (χ1v) is 30.3. The van der Waals surface area contributed by atoms with Crippen LogP contribution in [0.4, 0.5) is 5.82 Å². The van der Waals surface area contributed by atoms with Gasteiger partial charge in [0.1, 0.15) is 34.3 Å². The van der Waals surface area contributed by atoms with Gasteiger partial charge in [0.15, 0.2) is 0 Å². The van der Waals surface area contributed by atoms with E-state index in [1.54, 1.807) is 31.0 Å². The molecular formula is C60H97N21O6. The van der Waals surface area contributed by atoms with E-state index >= 15 is 0 Å². The van der Waals surface area contributed by atoms with E-state index in [2.05, 4.69) is 161 Å². The van der Waals surface area contributed by atoms with Crippen molar-refractivity contribution in [2.75, 3.05) is 130 Å². The molecule has 0 aliphatic carbocycles. The highest BCUT2D eigenvalue weighted by molar-refractivity contribution is 5.93. The van der Waals surface area contributed by atoms with Gasteiger partial charge in [0.05, 0.1) is 107 Å². The molecule has 0 aromatic carbocycles. The number of morpholine rings is 1. The number of nitrogens with zero attached hydrogens (tertiary/aromatic N) is 16. The van der Waals surface area contributed by atoms with E-state index < -0.39 is 0 Å². The molecule has 2 aliphatic rings. The summed E-state index contributed by atoms with van der Waals surface area (Å²) >= 11 is 0. The van der Waals surface area contributed by atoms with Crippen LogP contribution in [0.3, 0.4) is 0 Å². The number of hydrogen-bond acceptors (Lipinski definition) is 22. The van der Waals surface area contributed by atoms with E-state index in [1.807, 2.05) is 27.7 Å². The number of carbonyl (C=O) groups is 5. The molecule has 27 nitrogen and oxygen atoms in total. The van der Waals surface area contributed by atoms with Crippen LogP contribution in [0.5, 0.6) is 0 Å². The minimum absolute atomic E-state index is 0.153. The molecule has 0 saturated carbocycles. The van der Waals surface area contributed by atoms with Gasteiger partial charge >= 0.3 is 0 Å². The van der Waals surface area contributed by atoms with E-state index in [4.69, 9.17) is 4.74 Å². The summed E-state index contributed by atoms with van der Waals surface area (Å²) in [5.41, 5.74) is 5.05. The second-order valence-electron chi connectivity index (χ2n) is 20.2. The van der Waals surface area contributed by atoms with Crippen LogP contribution >= 0.6 is 0 Å². The molecular weight excluding hydrogens is 1110 g/mol. The van der Waals surface area contributed by atoms with Gasteiger partial charge < -0.3 is 36.2 Å². The first-order chi connectivity index (χ1) is 42.0. The van der Waals surface area contributed by atoms with Crippen molar-refractivity contribution in [3.8, 4) is 0 Å². The van der Waals surface area contributed by atoms with Crippen LogP contribution in [0.1, 0.15) is 156 Å². The third kappa shape index (κ3) is 29.5. The molecule has 7 rings (SSSR count). The lowest BCUT2D eigenvalue weighted by atomic mass is 10.3. The fraction of sp³-hybridized carbons (Fsp3) is 0.583. The zero-order valence-electron chi connectivity index (χ0n) is 53.6. The predicted octanol–water partition coefficient (Wildman–Crippen LogP) is 4.13. The van der Waals surface area contributed by atoms with Crippen molar-refractivity contribution in [2.45, 2.75) is 109 Å². The Labute approximate surface area is 515 Å². The van der Waals surface area contributed by atoms with Crippen molar-refractivity contribution in [2.24, 2.45) is 0 Å². The number of hydrogen-bond donors (Lipinski definition) is 5. The van der Waals surface area contributed by atoms with Gasteiger partial charge in [0.25, 0.3) is 29.5 Å². The summed E-state index contributed by atoms with van der Waals surface area (Å²) < 4.78 is 5.23. The third-order valence-electron chi connectivity index (χ3n) is 13.5. The van der Waals surface area contributed by atoms with E-state index in [0.717, 1.165) is 133 Å². The van der Waals surface area contributed by atoms with Crippen LogP contribution in [-0.2, 0) is 4.74 Å². The van der Waals surface area contributed by atoms with Gasteiger partial charge in [-0.3, -0.25) is 68.4 Å². The van der Waals surface area contributed by atoms with E-state index in [9.17, 15) is 24.0 Å². The highest BCUT2D eigenvalue weighted by atomic mass is 16.5. The lowest BCUT2D eigenvalue weighted by Gasteiger charge is -2.26. The fourth-order valence-electron chi connectivity index (χ4n) is 8.06. The predicted molar refractivity (Wildman–Crippen MR) is 336 cm³/mol. The number of likely N-dealkylation sites (tertiary alicyclic amines) is 1. The highest BCUT2D eigenvalue weighted by Gasteiger charge is 2.16. The molecule has 2 fully saturated rings. The Balaban J connectivity index is 0.000000285. The van der Waals surface area contributed by atoms with Gasteiger partial charge in [-0.05, 0) is 120 Å². The second-order valence-corrected chi connectivity index (χ2v) is 20.2. The molecule has 5 amide bonds. The van der Waals surface area contributed by atoms with Crippen molar-refractivity contribution >= 4 is 35.4 Å². The molecule has 0 unspecified atom stereocenters. The number of nitrogens with one attached hydrogen (secondary N) is 5. The van der Waals surface area contributed by atoms with Crippen molar-refractivity contribution < 1.29 is 28.7 Å². The number of ether oxygens (including phenoxy) is 1. The van der Waals surface area contributed by atoms with Gasteiger partial charge in [-0.25, -0.2) is 29.9 Å². The van der Waals surface area contributed by atoms with Gasteiger partial charge in [-0.15, -0.1) is 0 Å². The summed E-state index contributed by atoms with van der Waals surface area (Å²) in [6.45, 7) is 39.4. The smallest absolute Gasteiger partial charge is 0.272 e. The fourth-order valence-corrected chi connectivity index (χ4v) is 8.06. The Bertz CT molecular complexity index is 2620. The average Bonchev–Trinajstić information content (AvgIpc) is 4.21. The zero-order chi connectivity index (χ0) is 63.8. The van der Waals surface area contributed by atoms with Crippen molar-refractivity contribution in [3.05, 3.63) is 113 Å². The van der Waals surface area contributed by atoms with Crippen LogP contribution in [0, 0.1) is 27.7 Å². The molecule has 0 spiro atoms. The molecule has 478 valence electrons. The number of aromatic nitrogens is 10. The van der Waals surface area contributed by atoms with Gasteiger partial charge in [-0.2, -0.15) is 0 Å². The van der Waals surface area contributed by atoms with Gasteiger partial charge in [-0.1, -0.05) is 41.5 Å². The number of carbonyl (C=O) groups excluding carboxylic acids is 5. The molecule has 5 aromatic rings. The molecule has 5 aromatic heterocycles. The molecule has 0 atom stereocenters. The summed E-state index contributed by atoms with van der Waals surface area (Å²) in [6.07, 6.45) is 20.2. The number of amides is 5. The molecule has 0 bridgehead atoms. The summed E-state index contributed by atoms with van der Waals surface area (Å²) in [6, 6.07) is 0. The molecule has 2 aliphatic heterocycles. The van der Waals surface area contributed by atoms with Crippen molar-refractivity contribution in [1.29, 1.82) is 0 Å². The minimum Gasteiger partial charge on any atom is -0.379 e. The topological polar surface area (TPSA) is 303 Å². The summed E-state index contributed by atoms with van der Waals surface area (Å²) in [4.78, 5) is 113. The number of aryl methyl sites for hydroxylation is 4. The van der Waals surface area contributed by atoms with Crippen LogP contribution in [-0.4, -0.2) is 229 Å². The summed E-state index contributed by atoms with van der Waals surface area (Å²) in [5, 5.41) is 14.2. The second kappa shape index (κ2) is 43.0. The first kappa shape index (κ1) is 73.6. The molecule has 27 heteroatoms. The van der Waals surface area contributed by atoms with Crippen molar-refractivity contribution in [1.82, 2.24) is 101 Å². The summed E-state index contributed by atoms with van der Waals surface area (Å²) in [7, 11) is 0. The van der Waals surface area contributed by atoms with Crippen LogP contribution < -0.4 is 31.5 Å². The Kier molecular flexibility index (Phi) is 36.4. The monoisotopic (exact) mass is 1210 g/mol. The molecule has 2 saturated heterocycles. The zero-order valence-corrected chi connectivity index (χ0v) is 53.6. The van der Waals surface area contributed by atoms with Crippen LogP contribution in [0.25, 0.3) is 0 Å². The first-order valence-electron chi connectivity index (χ1n) is 30.3. The normalized spacial score (nSPS) is 12.9.